The van der Waals surface area contributed by atoms with E-state index in [1.165, 1.54) is 0 Å². The number of ether oxygens (including phenoxy) is 1. The van der Waals surface area contributed by atoms with E-state index in [0.29, 0.717) is 39.6 Å². The second-order valence-corrected chi connectivity index (χ2v) is 8.94. The van der Waals surface area contributed by atoms with Crippen LogP contribution in [0.3, 0.4) is 0 Å². The van der Waals surface area contributed by atoms with Gasteiger partial charge in [0.25, 0.3) is 5.91 Å². The van der Waals surface area contributed by atoms with Crippen LogP contribution in [0.5, 0.6) is 5.75 Å². The maximum atomic E-state index is 13.7. The molecule has 5 rings (SSSR count). The predicted octanol–water partition coefficient (Wildman–Crippen LogP) is 6.68. The quantitative estimate of drug-likeness (QED) is 0.293. The highest BCUT2D eigenvalue weighted by atomic mass is 35.5. The van der Waals surface area contributed by atoms with Crippen LogP contribution < -0.4 is 15.1 Å². The fourth-order valence-electron chi connectivity index (χ4n) is 4.40. The number of hydrogen-bond donors (Lipinski definition) is 0. The molecule has 5 nitrogen and oxygen atoms in total. The molecule has 1 atom stereocenters. The fraction of sp³-hybridized carbons (Fsp3) is 0.214. The number of aryl methyl sites for hydroxylation is 1. The molecule has 0 spiro atoms. The van der Waals surface area contributed by atoms with Crippen molar-refractivity contribution in [3.63, 3.8) is 0 Å². The summed E-state index contributed by atoms with van der Waals surface area (Å²) in [6, 6.07) is 19.3. The Hall–Kier alpha value is -3.57. The average molecular weight is 474 g/mol. The number of fused-ring (bicyclic) bond motifs is 2. The van der Waals surface area contributed by atoms with E-state index in [1.54, 1.807) is 41.3 Å². The van der Waals surface area contributed by atoms with Crippen molar-refractivity contribution in [3.05, 3.63) is 104 Å². The van der Waals surface area contributed by atoms with Gasteiger partial charge in [0, 0.05) is 10.7 Å². The van der Waals surface area contributed by atoms with Gasteiger partial charge in [-0.3, -0.25) is 14.5 Å². The summed E-state index contributed by atoms with van der Waals surface area (Å²) in [4.78, 5) is 29.0. The van der Waals surface area contributed by atoms with Gasteiger partial charge in [0.2, 0.25) is 5.76 Å². The zero-order chi connectivity index (χ0) is 23.8. The van der Waals surface area contributed by atoms with E-state index in [1.807, 2.05) is 37.3 Å². The maximum Gasteiger partial charge on any atom is 0.295 e. The molecule has 0 aliphatic carbocycles. The van der Waals surface area contributed by atoms with Crippen LogP contribution in [0.1, 0.15) is 53.1 Å². The van der Waals surface area contributed by atoms with Crippen LogP contribution in [-0.4, -0.2) is 12.5 Å². The highest BCUT2D eigenvalue weighted by Gasteiger charge is 2.43. The average Bonchev–Trinajstić information content (AvgIpc) is 3.12. The lowest BCUT2D eigenvalue weighted by atomic mass is 9.97. The summed E-state index contributed by atoms with van der Waals surface area (Å²) >= 11 is 6.26. The summed E-state index contributed by atoms with van der Waals surface area (Å²) in [6.07, 6.45) is 1.97. The standard InChI is InChI=1S/C28H24ClNO4/c1-3-4-13-33-21-10-5-7-18(15-21)25-24-26(31)22-14-17(2)11-12-23(22)34-27(24)28(32)30(25)20-9-6-8-19(29)16-20/h5-12,14-16,25H,3-4,13H2,1-2H3. The summed E-state index contributed by atoms with van der Waals surface area (Å²) in [6.45, 7) is 4.63. The minimum absolute atomic E-state index is 0.0589. The van der Waals surface area contributed by atoms with Crippen molar-refractivity contribution < 1.29 is 13.9 Å². The topological polar surface area (TPSA) is 59.8 Å². The van der Waals surface area contributed by atoms with Crippen molar-refractivity contribution >= 4 is 34.2 Å². The van der Waals surface area contributed by atoms with Crippen LogP contribution in [0, 0.1) is 6.92 Å². The molecule has 34 heavy (non-hydrogen) atoms. The molecular weight excluding hydrogens is 450 g/mol. The molecule has 2 heterocycles. The highest BCUT2D eigenvalue weighted by Crippen LogP contribution is 2.42. The molecule has 3 aromatic carbocycles. The van der Waals surface area contributed by atoms with E-state index >= 15 is 0 Å². The van der Waals surface area contributed by atoms with Gasteiger partial charge < -0.3 is 9.15 Å². The zero-order valence-corrected chi connectivity index (χ0v) is 19.8. The van der Waals surface area contributed by atoms with Crippen molar-refractivity contribution in [2.24, 2.45) is 0 Å². The van der Waals surface area contributed by atoms with Crippen LogP contribution >= 0.6 is 11.6 Å². The Labute approximate surface area is 202 Å². The third kappa shape index (κ3) is 3.86. The predicted molar refractivity (Wildman–Crippen MR) is 134 cm³/mol. The lowest BCUT2D eigenvalue weighted by molar-refractivity contribution is 0.0971. The second kappa shape index (κ2) is 8.99. The molecular formula is C28H24ClNO4. The fourth-order valence-corrected chi connectivity index (χ4v) is 4.59. The molecule has 6 heteroatoms. The van der Waals surface area contributed by atoms with Crippen molar-refractivity contribution in [2.75, 3.05) is 11.5 Å². The molecule has 1 aliphatic rings. The van der Waals surface area contributed by atoms with E-state index in [0.717, 1.165) is 24.0 Å². The molecule has 4 aromatic rings. The first-order valence-corrected chi connectivity index (χ1v) is 11.7. The number of benzene rings is 3. The van der Waals surface area contributed by atoms with Crippen LogP contribution in [0.15, 0.2) is 75.9 Å². The molecule has 0 saturated carbocycles. The monoisotopic (exact) mass is 473 g/mol. The number of unbranched alkanes of at least 4 members (excludes halogenated alkanes) is 1. The first-order valence-electron chi connectivity index (χ1n) is 11.4. The molecule has 0 bridgehead atoms. The smallest absolute Gasteiger partial charge is 0.295 e. The van der Waals surface area contributed by atoms with Gasteiger partial charge in [0.15, 0.2) is 5.43 Å². The minimum atomic E-state index is -0.670. The van der Waals surface area contributed by atoms with Gasteiger partial charge in [-0.1, -0.05) is 54.8 Å². The summed E-state index contributed by atoms with van der Waals surface area (Å²) in [5, 5.41) is 0.955. The van der Waals surface area contributed by atoms with Gasteiger partial charge in [0.1, 0.15) is 11.3 Å². The van der Waals surface area contributed by atoms with E-state index in [2.05, 4.69) is 6.92 Å². The lowest BCUT2D eigenvalue weighted by Crippen LogP contribution is -2.29. The first-order chi connectivity index (χ1) is 16.5. The van der Waals surface area contributed by atoms with Crippen LogP contribution in [0.25, 0.3) is 11.0 Å². The number of amides is 1. The van der Waals surface area contributed by atoms with E-state index in [9.17, 15) is 9.59 Å². The summed E-state index contributed by atoms with van der Waals surface area (Å²) in [7, 11) is 0. The number of nitrogens with zero attached hydrogens (tertiary/aromatic N) is 1. The number of carbonyl (C=O) groups excluding carboxylic acids is 1. The summed E-state index contributed by atoms with van der Waals surface area (Å²) in [5.41, 5.74) is 2.81. The second-order valence-electron chi connectivity index (χ2n) is 8.51. The number of hydrogen-bond acceptors (Lipinski definition) is 4. The number of carbonyl (C=O) groups is 1. The molecule has 172 valence electrons. The Morgan fingerprint density at radius 2 is 1.85 bits per heavy atom. The van der Waals surface area contributed by atoms with Crippen molar-refractivity contribution in [2.45, 2.75) is 32.7 Å². The van der Waals surface area contributed by atoms with Gasteiger partial charge in [-0.05, 0) is 61.4 Å². The molecule has 0 N–H and O–H groups in total. The Kier molecular flexibility index (Phi) is 5.88. The molecule has 1 unspecified atom stereocenters. The van der Waals surface area contributed by atoms with Crippen molar-refractivity contribution in [3.8, 4) is 5.75 Å². The Balaban J connectivity index is 1.72. The van der Waals surface area contributed by atoms with E-state index in [4.69, 9.17) is 20.8 Å². The normalized spacial score (nSPS) is 15.1. The van der Waals surface area contributed by atoms with Gasteiger partial charge >= 0.3 is 0 Å². The third-order valence-corrected chi connectivity index (χ3v) is 6.29. The number of anilines is 1. The number of halogens is 1. The highest BCUT2D eigenvalue weighted by molar-refractivity contribution is 6.31. The van der Waals surface area contributed by atoms with E-state index in [-0.39, 0.29) is 17.1 Å². The Morgan fingerprint density at radius 1 is 1.03 bits per heavy atom. The van der Waals surface area contributed by atoms with E-state index < -0.39 is 6.04 Å². The molecule has 0 fully saturated rings. The summed E-state index contributed by atoms with van der Waals surface area (Å²) in [5.74, 6) is 0.377. The van der Waals surface area contributed by atoms with Crippen LogP contribution in [0.4, 0.5) is 5.69 Å². The van der Waals surface area contributed by atoms with Crippen molar-refractivity contribution in [1.82, 2.24) is 0 Å². The molecule has 0 saturated heterocycles. The van der Waals surface area contributed by atoms with Gasteiger partial charge in [-0.25, -0.2) is 0 Å². The molecule has 1 aliphatic heterocycles. The largest absolute Gasteiger partial charge is 0.494 e. The van der Waals surface area contributed by atoms with Crippen molar-refractivity contribution in [1.29, 1.82) is 0 Å². The SMILES string of the molecule is CCCCOc1cccc(C2c3c(oc4ccc(C)cc4c3=O)C(=O)N2c2cccc(Cl)c2)c1. The van der Waals surface area contributed by atoms with Gasteiger partial charge in [-0.15, -0.1) is 0 Å². The van der Waals surface area contributed by atoms with Crippen LogP contribution in [-0.2, 0) is 0 Å². The Bertz CT molecular complexity index is 1460. The van der Waals surface area contributed by atoms with Crippen LogP contribution in [0.2, 0.25) is 5.02 Å². The molecule has 1 amide bonds. The maximum absolute atomic E-state index is 13.7. The number of rotatable bonds is 6. The summed E-state index contributed by atoms with van der Waals surface area (Å²) < 4.78 is 12.0. The first kappa shape index (κ1) is 22.2. The van der Waals surface area contributed by atoms with Gasteiger partial charge in [0.05, 0.1) is 23.6 Å². The third-order valence-electron chi connectivity index (χ3n) is 6.05. The molecule has 1 aromatic heterocycles. The minimum Gasteiger partial charge on any atom is -0.494 e. The Morgan fingerprint density at radius 3 is 2.65 bits per heavy atom. The molecule has 0 radical (unpaired) electrons. The van der Waals surface area contributed by atoms with Gasteiger partial charge in [-0.2, -0.15) is 0 Å². The lowest BCUT2D eigenvalue weighted by Gasteiger charge is -2.25. The zero-order valence-electron chi connectivity index (χ0n) is 19.0.